The molecule has 1 aromatic rings. The fourth-order valence-corrected chi connectivity index (χ4v) is 1.96. The van der Waals surface area contributed by atoms with Crippen LogP contribution in [0.3, 0.4) is 0 Å². The number of hydrogen-bond acceptors (Lipinski definition) is 3. The van der Waals surface area contributed by atoms with Crippen molar-refractivity contribution in [1.29, 1.82) is 0 Å². The third kappa shape index (κ3) is 6.12. The van der Waals surface area contributed by atoms with Crippen molar-refractivity contribution >= 4 is 18.3 Å². The first-order valence-corrected chi connectivity index (χ1v) is 6.79. The molecule has 0 spiro atoms. The fraction of sp³-hybridized carbons (Fsp3) is 0.643. The molecule has 1 heterocycles. The summed E-state index contributed by atoms with van der Waals surface area (Å²) in [5, 5.41) is 3.07. The lowest BCUT2D eigenvalue weighted by Gasteiger charge is -2.17. The highest BCUT2D eigenvalue weighted by molar-refractivity contribution is 5.94. The molecule has 3 N–H and O–H groups in total. The van der Waals surface area contributed by atoms with Crippen LogP contribution in [-0.2, 0) is 6.54 Å². The van der Waals surface area contributed by atoms with Crippen molar-refractivity contribution in [3.05, 3.63) is 23.7 Å². The summed E-state index contributed by atoms with van der Waals surface area (Å²) in [5.41, 5.74) is 6.02. The summed E-state index contributed by atoms with van der Waals surface area (Å²) < 4.78 is 5.17. The van der Waals surface area contributed by atoms with Crippen molar-refractivity contribution in [3.8, 4) is 0 Å². The largest absolute Gasteiger partial charge is 0.467 e. The minimum Gasteiger partial charge on any atom is -0.467 e. The molecule has 0 aromatic carbocycles. The van der Waals surface area contributed by atoms with Crippen molar-refractivity contribution in [2.24, 2.45) is 5.73 Å². The highest BCUT2D eigenvalue weighted by Crippen LogP contribution is 2.11. The predicted octanol–water partition coefficient (Wildman–Crippen LogP) is 3.25. The maximum absolute atomic E-state index is 12.0. The van der Waals surface area contributed by atoms with E-state index < -0.39 is 0 Å². The van der Waals surface area contributed by atoms with Gasteiger partial charge in [0.05, 0.1) is 12.1 Å². The van der Waals surface area contributed by atoms with E-state index in [4.69, 9.17) is 10.2 Å². The van der Waals surface area contributed by atoms with Crippen LogP contribution in [0.1, 0.15) is 62.1 Å². The molecule has 1 rings (SSSR count). The summed E-state index contributed by atoms with van der Waals surface area (Å²) in [4.78, 5) is 12.0. The Kier molecular flexibility index (Phi) is 9.35. The molecule has 1 unspecified atom stereocenters. The zero-order valence-electron chi connectivity index (χ0n) is 11.8. The van der Waals surface area contributed by atoms with Gasteiger partial charge in [-0.1, -0.05) is 33.1 Å². The number of hydrogen-bond donors (Lipinski definition) is 2. The van der Waals surface area contributed by atoms with E-state index in [-0.39, 0.29) is 24.4 Å². The Morgan fingerprint density at radius 2 is 2.11 bits per heavy atom. The fourth-order valence-electron chi connectivity index (χ4n) is 1.96. The molecule has 0 saturated carbocycles. The number of amides is 1. The Balaban J connectivity index is 0.00000324. The maximum Gasteiger partial charge on any atom is 0.254 e. The number of nitrogens with two attached hydrogens (primary N) is 1. The van der Waals surface area contributed by atoms with Crippen LogP contribution in [-0.4, -0.2) is 11.9 Å². The van der Waals surface area contributed by atoms with Crippen LogP contribution in [0.25, 0.3) is 0 Å². The lowest BCUT2D eigenvalue weighted by molar-refractivity contribution is 0.0931. The maximum atomic E-state index is 12.0. The van der Waals surface area contributed by atoms with Gasteiger partial charge in [-0.2, -0.15) is 0 Å². The van der Waals surface area contributed by atoms with Crippen LogP contribution in [0.15, 0.2) is 16.7 Å². The Hall–Kier alpha value is -1.00. The van der Waals surface area contributed by atoms with E-state index in [2.05, 4.69) is 19.2 Å². The van der Waals surface area contributed by atoms with Crippen molar-refractivity contribution in [1.82, 2.24) is 5.32 Å². The van der Waals surface area contributed by atoms with Crippen molar-refractivity contribution in [2.75, 3.05) is 0 Å². The quantitative estimate of drug-likeness (QED) is 0.771. The highest BCUT2D eigenvalue weighted by Gasteiger charge is 2.14. The third-order valence-electron chi connectivity index (χ3n) is 3.00. The molecule has 0 saturated heterocycles. The first-order chi connectivity index (χ1) is 8.71. The van der Waals surface area contributed by atoms with E-state index >= 15 is 0 Å². The zero-order valence-corrected chi connectivity index (χ0v) is 12.6. The summed E-state index contributed by atoms with van der Waals surface area (Å²) in [6.07, 6.45) is 6.91. The average Bonchev–Trinajstić information content (AvgIpc) is 2.85. The van der Waals surface area contributed by atoms with E-state index in [1.165, 1.54) is 6.26 Å². The molecule has 0 bridgehead atoms. The second-order valence-corrected chi connectivity index (χ2v) is 4.61. The van der Waals surface area contributed by atoms with E-state index in [1.54, 1.807) is 6.07 Å². The number of carbonyl (C=O) groups excluding carboxylic acids is 1. The highest BCUT2D eigenvalue weighted by atomic mass is 35.5. The molecule has 0 aliphatic heterocycles. The van der Waals surface area contributed by atoms with Crippen LogP contribution >= 0.6 is 12.4 Å². The van der Waals surface area contributed by atoms with Gasteiger partial charge in [-0.05, 0) is 18.9 Å². The first-order valence-electron chi connectivity index (χ1n) is 6.79. The molecule has 4 nitrogen and oxygen atoms in total. The molecule has 1 amide bonds. The second kappa shape index (κ2) is 9.87. The van der Waals surface area contributed by atoms with Gasteiger partial charge in [-0.25, -0.2) is 0 Å². The summed E-state index contributed by atoms with van der Waals surface area (Å²) >= 11 is 0. The average molecular weight is 289 g/mol. The van der Waals surface area contributed by atoms with Crippen LogP contribution in [0, 0.1) is 0 Å². The molecule has 19 heavy (non-hydrogen) atoms. The topological polar surface area (TPSA) is 68.3 Å². The molecule has 110 valence electrons. The molecule has 0 aliphatic carbocycles. The zero-order chi connectivity index (χ0) is 13.4. The molecule has 5 heteroatoms. The molecular formula is C14H25ClN2O2. The molecular weight excluding hydrogens is 264 g/mol. The van der Waals surface area contributed by atoms with Gasteiger partial charge in [0.25, 0.3) is 5.91 Å². The summed E-state index contributed by atoms with van der Waals surface area (Å²) in [5.74, 6) is 0.578. The van der Waals surface area contributed by atoms with Gasteiger partial charge in [-0.15, -0.1) is 12.4 Å². The van der Waals surface area contributed by atoms with Crippen molar-refractivity contribution < 1.29 is 9.21 Å². The molecule has 0 aliphatic rings. The minimum absolute atomic E-state index is 0. The number of furan rings is 1. The monoisotopic (exact) mass is 288 g/mol. The molecule has 0 radical (unpaired) electrons. The number of rotatable bonds is 8. The number of carbonyl (C=O) groups is 1. The van der Waals surface area contributed by atoms with Crippen LogP contribution in [0.5, 0.6) is 0 Å². The van der Waals surface area contributed by atoms with Crippen LogP contribution in [0.4, 0.5) is 0 Å². The SMILES string of the molecule is CCCCC(CCC)NC(=O)c1coc(CN)c1.Cl. The summed E-state index contributed by atoms with van der Waals surface area (Å²) in [7, 11) is 0. The summed E-state index contributed by atoms with van der Waals surface area (Å²) in [6, 6.07) is 1.97. The standard InChI is InChI=1S/C14H24N2O2.ClH/c1-3-5-7-12(6-4-2)16-14(17)11-8-13(9-15)18-10-11;/h8,10,12H,3-7,9,15H2,1-2H3,(H,16,17);1H. The molecule has 1 atom stereocenters. The summed E-state index contributed by atoms with van der Waals surface area (Å²) in [6.45, 7) is 4.62. The Morgan fingerprint density at radius 1 is 1.37 bits per heavy atom. The Morgan fingerprint density at radius 3 is 2.63 bits per heavy atom. The van der Waals surface area contributed by atoms with Crippen LogP contribution in [0.2, 0.25) is 0 Å². The van der Waals surface area contributed by atoms with Gasteiger partial charge in [0, 0.05) is 6.04 Å². The Bertz CT molecular complexity index is 366. The number of unbranched alkanes of at least 4 members (excludes halogenated alkanes) is 1. The predicted molar refractivity (Wildman–Crippen MR) is 79.5 cm³/mol. The van der Waals surface area contributed by atoms with E-state index in [1.807, 2.05) is 0 Å². The minimum atomic E-state index is -0.0620. The van der Waals surface area contributed by atoms with Gasteiger partial charge < -0.3 is 15.5 Å². The van der Waals surface area contributed by atoms with Crippen molar-refractivity contribution in [2.45, 2.75) is 58.5 Å². The second-order valence-electron chi connectivity index (χ2n) is 4.61. The normalized spacial score (nSPS) is 11.7. The number of nitrogens with one attached hydrogen (secondary N) is 1. The van der Waals surface area contributed by atoms with Gasteiger partial charge in [0.15, 0.2) is 0 Å². The number of halogens is 1. The van der Waals surface area contributed by atoms with Gasteiger partial charge in [0.1, 0.15) is 12.0 Å². The van der Waals surface area contributed by atoms with Crippen molar-refractivity contribution in [3.63, 3.8) is 0 Å². The molecule has 1 aromatic heterocycles. The first kappa shape index (κ1) is 18.0. The van der Waals surface area contributed by atoms with E-state index in [0.29, 0.717) is 17.9 Å². The van der Waals surface area contributed by atoms with E-state index in [9.17, 15) is 4.79 Å². The lowest BCUT2D eigenvalue weighted by atomic mass is 10.0. The Labute approximate surface area is 121 Å². The van der Waals surface area contributed by atoms with Gasteiger partial charge in [-0.3, -0.25) is 4.79 Å². The third-order valence-corrected chi connectivity index (χ3v) is 3.00. The lowest BCUT2D eigenvalue weighted by Crippen LogP contribution is -2.34. The van der Waals surface area contributed by atoms with Gasteiger partial charge >= 0.3 is 0 Å². The van der Waals surface area contributed by atoms with E-state index in [0.717, 1.165) is 32.1 Å². The van der Waals surface area contributed by atoms with Crippen LogP contribution < -0.4 is 11.1 Å². The molecule has 0 fully saturated rings. The van der Waals surface area contributed by atoms with Gasteiger partial charge in [0.2, 0.25) is 0 Å². The smallest absolute Gasteiger partial charge is 0.254 e.